The summed E-state index contributed by atoms with van der Waals surface area (Å²) in [7, 11) is 1.55. The molecule has 0 spiro atoms. The van der Waals surface area contributed by atoms with E-state index in [1.54, 1.807) is 7.05 Å². The molecule has 4 nitrogen and oxygen atoms in total. The topological polar surface area (TPSA) is 48.4 Å². The van der Waals surface area contributed by atoms with Gasteiger partial charge in [0.1, 0.15) is 11.6 Å². The third kappa shape index (κ3) is 2.66. The highest BCUT2D eigenvalue weighted by Gasteiger charge is 2.42. The van der Waals surface area contributed by atoms with Gasteiger partial charge in [-0.15, -0.1) is 0 Å². The van der Waals surface area contributed by atoms with Gasteiger partial charge in [-0.2, -0.15) is 13.2 Å². The Bertz CT molecular complexity index is 535. The van der Waals surface area contributed by atoms with Gasteiger partial charge < -0.3 is 15.3 Å². The van der Waals surface area contributed by atoms with E-state index >= 15 is 0 Å². The van der Waals surface area contributed by atoms with Crippen molar-refractivity contribution in [1.82, 2.24) is 4.98 Å². The SMILES string of the molecule is CNc1cc(C(F)(F)F)cc(N2CC3CCC(O)C3C2)n1. The largest absolute Gasteiger partial charge is 0.416 e. The van der Waals surface area contributed by atoms with E-state index in [1.165, 1.54) is 0 Å². The molecule has 0 radical (unpaired) electrons. The Morgan fingerprint density at radius 1 is 1.29 bits per heavy atom. The molecule has 21 heavy (non-hydrogen) atoms. The molecule has 1 aromatic rings. The lowest BCUT2D eigenvalue weighted by Crippen LogP contribution is -2.25. The minimum absolute atomic E-state index is 0.152. The summed E-state index contributed by atoms with van der Waals surface area (Å²) in [6.45, 7) is 1.24. The van der Waals surface area contributed by atoms with Gasteiger partial charge in [-0.3, -0.25) is 0 Å². The molecule has 3 unspecified atom stereocenters. The van der Waals surface area contributed by atoms with Crippen molar-refractivity contribution in [2.45, 2.75) is 25.1 Å². The van der Waals surface area contributed by atoms with Crippen molar-refractivity contribution in [3.05, 3.63) is 17.7 Å². The molecule has 116 valence electrons. The van der Waals surface area contributed by atoms with E-state index in [2.05, 4.69) is 10.3 Å². The van der Waals surface area contributed by atoms with E-state index in [4.69, 9.17) is 0 Å². The summed E-state index contributed by atoms with van der Waals surface area (Å²) < 4.78 is 38.8. The Labute approximate surface area is 121 Å². The first-order chi connectivity index (χ1) is 9.88. The molecule has 1 aliphatic carbocycles. The molecule has 3 atom stereocenters. The molecule has 0 aromatic carbocycles. The van der Waals surface area contributed by atoms with E-state index < -0.39 is 11.7 Å². The summed E-state index contributed by atoms with van der Waals surface area (Å²) in [6, 6.07) is 2.10. The first-order valence-corrected chi connectivity index (χ1v) is 7.08. The zero-order valence-corrected chi connectivity index (χ0v) is 11.7. The Morgan fingerprint density at radius 3 is 2.67 bits per heavy atom. The second kappa shape index (κ2) is 5.05. The first kappa shape index (κ1) is 14.4. The van der Waals surface area contributed by atoms with Crippen molar-refractivity contribution in [1.29, 1.82) is 0 Å². The number of alkyl halides is 3. The summed E-state index contributed by atoms with van der Waals surface area (Å²) in [6.07, 6.45) is -3.01. The summed E-state index contributed by atoms with van der Waals surface area (Å²) in [5.41, 5.74) is -0.700. The predicted octanol–water partition coefficient (Wildman–Crippen LogP) is 2.35. The lowest BCUT2D eigenvalue weighted by molar-refractivity contribution is -0.137. The van der Waals surface area contributed by atoms with E-state index in [9.17, 15) is 18.3 Å². The quantitative estimate of drug-likeness (QED) is 0.880. The van der Waals surface area contributed by atoms with Gasteiger partial charge in [0.2, 0.25) is 0 Å². The monoisotopic (exact) mass is 301 g/mol. The van der Waals surface area contributed by atoms with Crippen molar-refractivity contribution < 1.29 is 18.3 Å². The van der Waals surface area contributed by atoms with Crippen LogP contribution in [0, 0.1) is 11.8 Å². The van der Waals surface area contributed by atoms with Crippen molar-refractivity contribution in [3.63, 3.8) is 0 Å². The molecule has 2 heterocycles. The number of halogens is 3. The number of hydrogen-bond donors (Lipinski definition) is 2. The van der Waals surface area contributed by atoms with E-state index in [-0.39, 0.29) is 17.8 Å². The van der Waals surface area contributed by atoms with Gasteiger partial charge in [0.15, 0.2) is 0 Å². The van der Waals surface area contributed by atoms with Gasteiger partial charge in [0.25, 0.3) is 0 Å². The van der Waals surface area contributed by atoms with Crippen molar-refractivity contribution in [3.8, 4) is 0 Å². The molecule has 0 amide bonds. The van der Waals surface area contributed by atoms with Gasteiger partial charge in [0.05, 0.1) is 11.7 Å². The lowest BCUT2D eigenvalue weighted by atomic mass is 10.00. The van der Waals surface area contributed by atoms with Gasteiger partial charge >= 0.3 is 6.18 Å². The maximum atomic E-state index is 12.9. The van der Waals surface area contributed by atoms with Crippen molar-refractivity contribution in [2.75, 3.05) is 30.4 Å². The van der Waals surface area contributed by atoms with Crippen LogP contribution in [0.3, 0.4) is 0 Å². The van der Waals surface area contributed by atoms with Gasteiger partial charge in [0, 0.05) is 26.1 Å². The molecule has 3 rings (SSSR count). The first-order valence-electron chi connectivity index (χ1n) is 7.08. The smallest absolute Gasteiger partial charge is 0.393 e. The molecule has 2 aliphatic rings. The van der Waals surface area contributed by atoms with Crippen LogP contribution < -0.4 is 10.2 Å². The Morgan fingerprint density at radius 2 is 2.05 bits per heavy atom. The van der Waals surface area contributed by atoms with Crippen LogP contribution in [0.1, 0.15) is 18.4 Å². The molecular weight excluding hydrogens is 283 g/mol. The second-order valence-electron chi connectivity index (χ2n) is 5.82. The molecular formula is C14H18F3N3O. The maximum Gasteiger partial charge on any atom is 0.416 e. The minimum Gasteiger partial charge on any atom is -0.393 e. The third-order valence-electron chi connectivity index (χ3n) is 4.54. The molecule has 7 heteroatoms. The molecule has 0 bridgehead atoms. The summed E-state index contributed by atoms with van der Waals surface area (Å²) in [5, 5.41) is 12.6. The maximum absolute atomic E-state index is 12.9. The van der Waals surface area contributed by atoms with Gasteiger partial charge in [-0.1, -0.05) is 0 Å². The number of nitrogens with zero attached hydrogens (tertiary/aromatic N) is 2. The number of anilines is 2. The van der Waals surface area contributed by atoms with Crippen LogP contribution in [0.5, 0.6) is 0 Å². The van der Waals surface area contributed by atoms with Crippen LogP contribution in [0.25, 0.3) is 0 Å². The highest BCUT2D eigenvalue weighted by atomic mass is 19.4. The number of nitrogens with one attached hydrogen (secondary N) is 1. The summed E-state index contributed by atoms with van der Waals surface area (Å²) in [4.78, 5) is 6.09. The molecule has 2 N–H and O–H groups in total. The molecule has 2 fully saturated rings. The van der Waals surface area contributed by atoms with Crippen molar-refractivity contribution in [2.24, 2.45) is 11.8 Å². The third-order valence-corrected chi connectivity index (χ3v) is 4.54. The van der Waals surface area contributed by atoms with Crippen LogP contribution in [-0.2, 0) is 6.18 Å². The number of pyridine rings is 1. The van der Waals surface area contributed by atoms with E-state index in [0.717, 1.165) is 25.0 Å². The zero-order chi connectivity index (χ0) is 15.2. The molecule has 1 aliphatic heterocycles. The molecule has 1 saturated carbocycles. The fourth-order valence-electron chi connectivity index (χ4n) is 3.39. The zero-order valence-electron chi connectivity index (χ0n) is 11.7. The highest BCUT2D eigenvalue weighted by molar-refractivity contribution is 5.52. The van der Waals surface area contributed by atoms with E-state index in [0.29, 0.717) is 24.8 Å². The number of fused-ring (bicyclic) bond motifs is 1. The van der Waals surface area contributed by atoms with Gasteiger partial charge in [-0.05, 0) is 30.9 Å². The number of aliphatic hydroxyl groups excluding tert-OH is 1. The number of hydrogen-bond acceptors (Lipinski definition) is 4. The number of aromatic nitrogens is 1. The van der Waals surface area contributed by atoms with Gasteiger partial charge in [-0.25, -0.2) is 4.98 Å². The summed E-state index contributed by atoms with van der Waals surface area (Å²) >= 11 is 0. The highest BCUT2D eigenvalue weighted by Crippen LogP contribution is 2.40. The fraction of sp³-hybridized carbons (Fsp3) is 0.643. The molecule has 1 saturated heterocycles. The lowest BCUT2D eigenvalue weighted by Gasteiger charge is -2.21. The summed E-state index contributed by atoms with van der Waals surface area (Å²) in [5.74, 6) is 1.04. The van der Waals surface area contributed by atoms with Crippen LogP contribution in [-0.4, -0.2) is 36.3 Å². The fourth-order valence-corrected chi connectivity index (χ4v) is 3.39. The van der Waals surface area contributed by atoms with Crippen LogP contribution >= 0.6 is 0 Å². The van der Waals surface area contributed by atoms with Crippen LogP contribution in [0.2, 0.25) is 0 Å². The number of rotatable bonds is 2. The molecule has 1 aromatic heterocycles. The predicted molar refractivity (Wildman–Crippen MR) is 73.2 cm³/mol. The van der Waals surface area contributed by atoms with Crippen LogP contribution in [0.15, 0.2) is 12.1 Å². The Balaban J connectivity index is 1.89. The van der Waals surface area contributed by atoms with E-state index in [1.807, 2.05) is 4.90 Å². The normalized spacial score (nSPS) is 28.8. The standard InChI is InChI=1S/C14H18F3N3O/c1-18-12-4-9(14(15,16)17)5-13(19-12)20-6-8-2-3-11(21)10(8)7-20/h4-5,8,10-11,21H,2-3,6-7H2,1H3,(H,18,19). The minimum atomic E-state index is -4.39. The van der Waals surface area contributed by atoms with Crippen molar-refractivity contribution >= 4 is 11.6 Å². The average Bonchev–Trinajstić information content (AvgIpc) is 3.00. The van der Waals surface area contributed by atoms with Crippen LogP contribution in [0.4, 0.5) is 24.8 Å². The average molecular weight is 301 g/mol. The second-order valence-corrected chi connectivity index (χ2v) is 5.82. The Kier molecular flexibility index (Phi) is 3.47. The Hall–Kier alpha value is -1.50. The number of aliphatic hydroxyl groups is 1.